The number of carbonyl (C=O) groups is 10. The van der Waals surface area contributed by atoms with E-state index in [-0.39, 0.29) is 83.7 Å². The molecule has 13 rings (SSSR count). The number of Topliss-reactive ketones (excluding diaryl/α,β-unsaturated/α-hetero) is 4. The molecule has 13 aromatic rings. The van der Waals surface area contributed by atoms with Crippen molar-refractivity contribution in [2.75, 3.05) is 7.11 Å². The summed E-state index contributed by atoms with van der Waals surface area (Å²) in [5.41, 5.74) is 12.9. The molecular weight excluding hydrogens is 1890 g/mol. The normalized spacial score (nSPS) is 12.8. The van der Waals surface area contributed by atoms with E-state index in [2.05, 4.69) is 120 Å². The Morgan fingerprint density at radius 3 is 1.06 bits per heavy atom. The SMILES string of the molecule is CC(C)Oc1cc(-c2cnc(-c3ccc(C[C@H](CC(=O)c4ccc(C(C)(C)C)s4)C(=O)N[C@H](C)C(=O)O)cc3)nc2)ccc1OC(F)(F)F.CCCCC(=O)c1ccc(-c2cnc(-c3ccc(C[C@H](CC(=O)c4ccc(C(C)(C)C)s4)C(=O)N[C@H](C)C(=O)O)cc3)nc2)c(C)c1.COc1ccccc1-c1ccc(-c2cnc(-c3ccc(C[C@H](CC(=O)c4ccc(C(C)(C)C)s4)C(=O)N[C@H](C)C(=O)O)cc3)nc2)cc1. The molecule has 6 heterocycles. The van der Waals surface area contributed by atoms with Gasteiger partial charge in [-0.3, -0.25) is 47.9 Å². The predicted octanol–water partition coefficient (Wildman–Crippen LogP) is 23.6. The van der Waals surface area contributed by atoms with Gasteiger partial charge in [-0.25, -0.2) is 29.9 Å². The summed E-state index contributed by atoms with van der Waals surface area (Å²) in [6, 6.07) is 55.9. The number of benzene rings is 7. The fourth-order valence-electron chi connectivity index (χ4n) is 15.3. The van der Waals surface area contributed by atoms with Crippen molar-refractivity contribution in [3.8, 4) is 95.9 Å². The number of ether oxygens (including phenoxy) is 3. The molecule has 0 saturated carbocycles. The van der Waals surface area contributed by atoms with E-state index < -0.39 is 89.7 Å². The lowest BCUT2D eigenvalue weighted by Crippen LogP contribution is -2.42. The molecule has 0 bridgehead atoms. The zero-order chi connectivity index (χ0) is 105. The lowest BCUT2D eigenvalue weighted by atomic mass is 9.92. The Labute approximate surface area is 848 Å². The summed E-state index contributed by atoms with van der Waals surface area (Å²) in [5, 5.41) is 35.6. The number of alkyl halides is 3. The summed E-state index contributed by atoms with van der Waals surface area (Å²) in [5.74, 6) is -5.78. The van der Waals surface area contributed by atoms with E-state index in [1.54, 1.807) is 101 Å². The van der Waals surface area contributed by atoms with Gasteiger partial charge in [0.2, 0.25) is 17.7 Å². The summed E-state index contributed by atoms with van der Waals surface area (Å²) in [6.45, 7) is 30.3. The summed E-state index contributed by atoms with van der Waals surface area (Å²) in [7, 11) is 1.66. The number of nitrogens with one attached hydrogen (secondary N) is 3. The number of hydrogen-bond donors (Lipinski definition) is 6. The van der Waals surface area contributed by atoms with E-state index in [1.807, 2.05) is 140 Å². The number of aromatic nitrogens is 6. The Balaban J connectivity index is 0.000000206. The van der Waals surface area contributed by atoms with Gasteiger partial charge in [0, 0.05) is 140 Å². The van der Waals surface area contributed by atoms with Crippen molar-refractivity contribution in [3.63, 3.8) is 0 Å². The molecule has 7 aromatic carbocycles. The number of hydrogen-bond acceptors (Lipinski definition) is 22. The number of amides is 3. The molecule has 0 spiro atoms. The van der Waals surface area contributed by atoms with Crippen LogP contribution < -0.4 is 30.2 Å². The van der Waals surface area contributed by atoms with Gasteiger partial charge < -0.3 is 45.5 Å². The number of thiophene rings is 3. The van der Waals surface area contributed by atoms with E-state index in [9.17, 15) is 76.4 Å². The quantitative estimate of drug-likeness (QED) is 0.0195. The number of carboxylic acids is 3. The highest BCUT2D eigenvalue weighted by atomic mass is 32.1. The highest BCUT2D eigenvalue weighted by Crippen LogP contribution is 2.41. The number of halogens is 3. The van der Waals surface area contributed by atoms with Crippen LogP contribution in [0.2, 0.25) is 0 Å². The van der Waals surface area contributed by atoms with Crippen LogP contribution in [0.4, 0.5) is 13.2 Å². The number of nitrogens with zero attached hydrogens (tertiary/aromatic N) is 6. The van der Waals surface area contributed by atoms with Crippen LogP contribution in [0, 0.1) is 24.7 Å². The number of carboxylic acid groups (broad SMARTS) is 3. The minimum absolute atomic E-state index is 0.0333. The molecule has 0 saturated heterocycles. The van der Waals surface area contributed by atoms with E-state index in [0.29, 0.717) is 55.2 Å². The monoisotopic (exact) mass is 2010 g/mol. The molecule has 144 heavy (non-hydrogen) atoms. The van der Waals surface area contributed by atoms with Crippen LogP contribution in [-0.4, -0.2) is 142 Å². The summed E-state index contributed by atoms with van der Waals surface area (Å²) in [6.07, 6.45) is 7.90. The first kappa shape index (κ1) is 110. The van der Waals surface area contributed by atoms with Gasteiger partial charge in [-0.2, -0.15) is 0 Å². The molecule has 0 aliphatic carbocycles. The van der Waals surface area contributed by atoms with Crippen molar-refractivity contribution >= 4 is 92.8 Å². The van der Waals surface area contributed by atoms with Gasteiger partial charge in [0.15, 0.2) is 52.1 Å². The third-order valence-corrected chi connectivity index (χ3v) is 28.3. The van der Waals surface area contributed by atoms with Gasteiger partial charge in [-0.05, 0) is 189 Å². The van der Waals surface area contributed by atoms with Gasteiger partial charge in [0.1, 0.15) is 23.9 Å². The molecule has 752 valence electrons. The van der Waals surface area contributed by atoms with Gasteiger partial charge >= 0.3 is 24.3 Å². The number of rotatable bonds is 39. The second kappa shape index (κ2) is 49.0. The number of para-hydroxylation sites is 1. The average molecular weight is 2010 g/mol. The number of ketones is 4. The minimum atomic E-state index is -4.87. The topological polar surface area (TPSA) is 373 Å². The van der Waals surface area contributed by atoms with E-state index in [0.717, 1.165) is 106 Å². The van der Waals surface area contributed by atoms with Crippen LogP contribution in [-0.2, 0) is 64.3 Å². The molecule has 25 nitrogen and oxygen atoms in total. The molecule has 31 heteroatoms. The zero-order valence-electron chi connectivity index (χ0n) is 83.5. The van der Waals surface area contributed by atoms with Gasteiger partial charge in [0.05, 0.1) is 27.8 Å². The molecule has 6 N–H and O–H groups in total. The van der Waals surface area contributed by atoms with Crippen molar-refractivity contribution in [1.82, 2.24) is 45.9 Å². The minimum Gasteiger partial charge on any atom is -0.496 e. The zero-order valence-corrected chi connectivity index (χ0v) is 86.0. The largest absolute Gasteiger partial charge is 0.573 e. The van der Waals surface area contributed by atoms with Crippen LogP contribution >= 0.6 is 34.0 Å². The molecule has 6 atom stereocenters. The third-order valence-electron chi connectivity index (χ3n) is 23.6. The van der Waals surface area contributed by atoms with Crippen molar-refractivity contribution in [1.29, 1.82) is 0 Å². The van der Waals surface area contributed by atoms with Crippen molar-refractivity contribution in [2.24, 2.45) is 17.8 Å². The van der Waals surface area contributed by atoms with Crippen molar-refractivity contribution in [3.05, 3.63) is 288 Å². The second-order valence-electron chi connectivity index (χ2n) is 38.7. The summed E-state index contributed by atoms with van der Waals surface area (Å²) in [4.78, 5) is 158. The number of methoxy groups -OCH3 is 1. The maximum atomic E-state index is 13.3. The average Bonchev–Trinajstić information content (AvgIpc) is 1.36. The van der Waals surface area contributed by atoms with Gasteiger partial charge in [-0.15, -0.1) is 47.2 Å². The first-order valence-corrected chi connectivity index (χ1v) is 49.7. The Morgan fingerprint density at radius 1 is 0.375 bits per heavy atom. The van der Waals surface area contributed by atoms with Crippen LogP contribution in [0.3, 0.4) is 0 Å². The first-order valence-electron chi connectivity index (χ1n) is 47.3. The Bertz CT molecular complexity index is 6680. The number of unbranched alkanes of at least 4 members (excludes halogenated alkanes) is 1. The molecule has 0 radical (unpaired) electrons. The number of carbonyl (C=O) groups excluding carboxylic acids is 7. The van der Waals surface area contributed by atoms with Gasteiger partial charge in [0.25, 0.3) is 0 Å². The maximum absolute atomic E-state index is 13.3. The first-order chi connectivity index (χ1) is 68.1. The molecule has 0 aliphatic heterocycles. The molecular formula is C113H120F3N9O16S3. The number of aliphatic carboxylic acids is 3. The third kappa shape index (κ3) is 31.0. The lowest BCUT2D eigenvalue weighted by Gasteiger charge is -2.18. The summed E-state index contributed by atoms with van der Waals surface area (Å²) >= 11 is 4.25. The molecule has 0 fully saturated rings. The van der Waals surface area contributed by atoms with Crippen LogP contribution in [0.15, 0.2) is 231 Å². The highest BCUT2D eigenvalue weighted by molar-refractivity contribution is 7.15. The predicted molar refractivity (Wildman–Crippen MR) is 555 cm³/mol. The van der Waals surface area contributed by atoms with E-state index in [1.165, 1.54) is 73.0 Å². The Hall–Kier alpha value is -14.4. The molecule has 0 unspecified atom stereocenters. The van der Waals surface area contributed by atoms with Crippen LogP contribution in [0.25, 0.3) is 78.7 Å². The second-order valence-corrected chi connectivity index (χ2v) is 42.0. The van der Waals surface area contributed by atoms with Crippen molar-refractivity contribution in [2.45, 2.75) is 215 Å². The van der Waals surface area contributed by atoms with E-state index >= 15 is 0 Å². The fraction of sp³-hybridized carbons (Fsp3) is 0.327. The van der Waals surface area contributed by atoms with Crippen LogP contribution in [0.5, 0.6) is 17.2 Å². The van der Waals surface area contributed by atoms with E-state index in [4.69, 9.17) is 9.47 Å². The molecule has 3 amide bonds. The van der Waals surface area contributed by atoms with Crippen LogP contribution in [0.1, 0.15) is 219 Å². The molecule has 6 aromatic heterocycles. The number of aryl methyl sites for hydroxylation is 1. The Kier molecular flexibility index (Phi) is 37.4. The Morgan fingerprint density at radius 2 is 0.722 bits per heavy atom. The van der Waals surface area contributed by atoms with Gasteiger partial charge in [-0.1, -0.05) is 209 Å². The maximum Gasteiger partial charge on any atom is 0.573 e. The summed E-state index contributed by atoms with van der Waals surface area (Å²) < 4.78 is 53.8. The highest BCUT2D eigenvalue weighted by Gasteiger charge is 2.35. The molecule has 0 aliphatic rings. The lowest BCUT2D eigenvalue weighted by molar-refractivity contribution is -0.275. The smallest absolute Gasteiger partial charge is 0.496 e. The standard InChI is InChI=1S/C39H39N3O5S.C38H43N3O5S.C36H38F3N3O6S/c1-24(38(45)46)42-37(44)29(21-32(43)34-18-19-35(48-34)39(2,3)4)20-25-10-12-28(13-11-25)36-40-22-30(23-41-36)26-14-16-27(17-15-26)31-8-6-7-9-33(31)47-5;1-7-8-9-31(42)27-14-15-30(23(2)18-27)29-21-39-35(40-22-29)26-12-10-25(11-13-26)19-28(36(44)41-24(3)37(45)46)20-32(43)33-16-17-34(47-33)38(4,5)6;1-20(2)47-29-17-24(11-12-28(29)48-36(37,38)39)26-18-40-32(41-19-26)23-9-7-22(8-10-23)15-25(33(44)42-21(3)34(45)46)16-27(43)30-13-14-31(49-30)35(4,5)6/h6-19,22-24,29H,20-21H2,1-5H3,(H,42,44)(H,45,46);10-18,21-22,24,28H,7-9,19-20H2,1-6H3,(H,41,44)(H,45,46);7-14,17-21,25H,15-16H2,1-6H3,(H,42,44)(H,45,46)/t24-,29-;24-,28-;21-,25-/m111/s1. The fourth-order valence-corrected chi connectivity index (χ4v) is 18.3. The van der Waals surface area contributed by atoms with Crippen molar-refractivity contribution < 1.29 is 90.6 Å².